The molecule has 9 nitrogen and oxygen atoms in total. The van der Waals surface area contributed by atoms with E-state index in [1.54, 1.807) is 26.0 Å². The van der Waals surface area contributed by atoms with Crippen molar-refractivity contribution in [2.45, 2.75) is 13.8 Å². The highest BCUT2D eigenvalue weighted by atomic mass is 127. The Labute approximate surface area is 208 Å². The number of ether oxygens (including phenoxy) is 3. The number of benzene rings is 2. The molecule has 0 radical (unpaired) electrons. The SMILES string of the molecule is CCOC(=O)COc1c(I)cc(/C=C2\C(=O)NC(=O)N(c3ccc(F)cc3)C2=O)cc1OCC. The molecule has 2 aromatic carbocycles. The summed E-state index contributed by atoms with van der Waals surface area (Å²) in [4.78, 5) is 50.1. The Morgan fingerprint density at radius 1 is 1.09 bits per heavy atom. The summed E-state index contributed by atoms with van der Waals surface area (Å²) in [7, 11) is 0. The van der Waals surface area contributed by atoms with Crippen molar-refractivity contribution in [3.8, 4) is 11.5 Å². The Hall–Kier alpha value is -3.48. The molecule has 2 aromatic rings. The van der Waals surface area contributed by atoms with Gasteiger partial charge in [0.05, 0.1) is 22.5 Å². The number of nitrogens with one attached hydrogen (secondary N) is 1. The topological polar surface area (TPSA) is 111 Å². The highest BCUT2D eigenvalue weighted by Crippen LogP contribution is 2.35. The molecule has 1 N–H and O–H groups in total. The number of halogens is 2. The minimum atomic E-state index is -0.939. The first-order valence-electron chi connectivity index (χ1n) is 10.2. The van der Waals surface area contributed by atoms with Crippen LogP contribution in [0.4, 0.5) is 14.9 Å². The molecule has 3 rings (SSSR count). The maximum Gasteiger partial charge on any atom is 0.344 e. The number of urea groups is 1. The van der Waals surface area contributed by atoms with E-state index in [1.165, 1.54) is 18.2 Å². The van der Waals surface area contributed by atoms with Gasteiger partial charge in [0.2, 0.25) is 0 Å². The Bertz CT molecular complexity index is 1160. The number of carbonyl (C=O) groups excluding carboxylic acids is 4. The van der Waals surface area contributed by atoms with Gasteiger partial charge in [-0.3, -0.25) is 14.9 Å². The lowest BCUT2D eigenvalue weighted by atomic mass is 10.1. The van der Waals surface area contributed by atoms with Gasteiger partial charge >= 0.3 is 12.0 Å². The molecule has 11 heteroatoms. The standard InChI is InChI=1S/C23H20FIN2O7/c1-3-32-18-11-13(10-17(25)20(18)34-12-19(28)33-4-2)9-16-21(29)26-23(31)27(22(16)30)15-7-5-14(24)6-8-15/h5-11H,3-4,12H2,1-2H3,(H,26,29,31)/b16-9+. The van der Waals surface area contributed by atoms with Crippen molar-refractivity contribution >= 4 is 58.2 Å². The van der Waals surface area contributed by atoms with Crippen LogP contribution in [0.1, 0.15) is 19.4 Å². The van der Waals surface area contributed by atoms with E-state index in [9.17, 15) is 23.6 Å². The lowest BCUT2D eigenvalue weighted by Crippen LogP contribution is -2.54. The van der Waals surface area contributed by atoms with Crippen LogP contribution in [-0.2, 0) is 19.1 Å². The van der Waals surface area contributed by atoms with E-state index >= 15 is 0 Å². The number of imide groups is 2. The molecule has 0 saturated carbocycles. The van der Waals surface area contributed by atoms with Gasteiger partial charge in [0.15, 0.2) is 18.1 Å². The fourth-order valence-electron chi connectivity index (χ4n) is 3.06. The van der Waals surface area contributed by atoms with Crippen molar-refractivity contribution in [1.29, 1.82) is 0 Å². The van der Waals surface area contributed by atoms with E-state index in [2.05, 4.69) is 5.32 Å². The Morgan fingerprint density at radius 2 is 1.79 bits per heavy atom. The highest BCUT2D eigenvalue weighted by Gasteiger charge is 2.36. The number of anilines is 1. The summed E-state index contributed by atoms with van der Waals surface area (Å²) < 4.78 is 29.9. The van der Waals surface area contributed by atoms with Gasteiger partial charge in [-0.1, -0.05) is 0 Å². The third-order valence-electron chi connectivity index (χ3n) is 4.47. The molecule has 1 aliphatic heterocycles. The molecule has 0 unspecified atom stereocenters. The highest BCUT2D eigenvalue weighted by molar-refractivity contribution is 14.1. The van der Waals surface area contributed by atoms with Crippen LogP contribution in [-0.4, -0.2) is 43.6 Å². The number of amides is 4. The normalized spacial score (nSPS) is 14.8. The van der Waals surface area contributed by atoms with Gasteiger partial charge in [-0.25, -0.2) is 18.9 Å². The third kappa shape index (κ3) is 5.71. The van der Waals surface area contributed by atoms with Gasteiger partial charge < -0.3 is 14.2 Å². The molecule has 0 bridgehead atoms. The first-order valence-corrected chi connectivity index (χ1v) is 11.2. The van der Waals surface area contributed by atoms with Crippen LogP contribution < -0.4 is 19.7 Å². The molecule has 4 amide bonds. The van der Waals surface area contributed by atoms with E-state index in [4.69, 9.17) is 14.2 Å². The molecule has 1 saturated heterocycles. The van der Waals surface area contributed by atoms with E-state index in [0.717, 1.165) is 17.0 Å². The van der Waals surface area contributed by atoms with Crippen molar-refractivity contribution in [3.05, 3.63) is 56.9 Å². The smallest absolute Gasteiger partial charge is 0.344 e. The zero-order valence-corrected chi connectivity index (χ0v) is 20.4. The molecule has 0 aliphatic carbocycles. The van der Waals surface area contributed by atoms with E-state index < -0.39 is 29.6 Å². The fourth-order valence-corrected chi connectivity index (χ4v) is 3.84. The van der Waals surface area contributed by atoms with Crippen molar-refractivity contribution < 1.29 is 37.8 Å². The zero-order valence-electron chi connectivity index (χ0n) is 18.2. The average Bonchev–Trinajstić information content (AvgIpc) is 2.77. The predicted molar refractivity (Wildman–Crippen MR) is 128 cm³/mol. The monoisotopic (exact) mass is 582 g/mol. The second kappa shape index (κ2) is 11.1. The van der Waals surface area contributed by atoms with E-state index in [-0.39, 0.29) is 31.1 Å². The van der Waals surface area contributed by atoms with Crippen LogP contribution in [0, 0.1) is 9.39 Å². The van der Waals surface area contributed by atoms with Gasteiger partial charge in [-0.05, 0) is 84.5 Å². The number of barbiturate groups is 1. The van der Waals surface area contributed by atoms with E-state index in [0.29, 0.717) is 20.6 Å². The molecule has 0 aromatic heterocycles. The van der Waals surface area contributed by atoms with Crippen LogP contribution >= 0.6 is 22.6 Å². The minimum Gasteiger partial charge on any atom is -0.490 e. The average molecular weight is 582 g/mol. The molecular formula is C23H20FIN2O7. The van der Waals surface area contributed by atoms with Gasteiger partial charge in [0.25, 0.3) is 11.8 Å². The predicted octanol–water partition coefficient (Wildman–Crippen LogP) is 3.44. The molecule has 0 atom stereocenters. The number of hydrogen-bond donors (Lipinski definition) is 1. The second-order valence-corrected chi connectivity index (χ2v) is 7.95. The molecule has 1 aliphatic rings. The Kier molecular flexibility index (Phi) is 8.21. The fraction of sp³-hybridized carbons (Fsp3) is 0.217. The Balaban J connectivity index is 1.95. The molecule has 178 valence electrons. The lowest BCUT2D eigenvalue weighted by molar-refractivity contribution is -0.145. The summed E-state index contributed by atoms with van der Waals surface area (Å²) in [5.74, 6) is -2.22. The number of carbonyl (C=O) groups is 4. The summed E-state index contributed by atoms with van der Waals surface area (Å²) >= 11 is 1.97. The summed E-state index contributed by atoms with van der Waals surface area (Å²) in [6, 6.07) is 6.93. The van der Waals surface area contributed by atoms with Crippen LogP contribution in [0.2, 0.25) is 0 Å². The van der Waals surface area contributed by atoms with Crippen LogP contribution in [0.15, 0.2) is 42.0 Å². The third-order valence-corrected chi connectivity index (χ3v) is 5.27. The number of hydrogen-bond acceptors (Lipinski definition) is 7. The van der Waals surface area contributed by atoms with Crippen LogP contribution in [0.25, 0.3) is 6.08 Å². The van der Waals surface area contributed by atoms with Crippen molar-refractivity contribution in [3.63, 3.8) is 0 Å². The molecule has 1 fully saturated rings. The number of esters is 1. The largest absolute Gasteiger partial charge is 0.490 e. The number of rotatable bonds is 8. The summed E-state index contributed by atoms with van der Waals surface area (Å²) in [5.41, 5.74) is 0.222. The lowest BCUT2D eigenvalue weighted by Gasteiger charge is -2.26. The summed E-state index contributed by atoms with van der Waals surface area (Å²) in [6.07, 6.45) is 1.31. The quantitative estimate of drug-likeness (QED) is 0.220. The summed E-state index contributed by atoms with van der Waals surface area (Å²) in [5, 5.41) is 2.11. The van der Waals surface area contributed by atoms with Gasteiger partial charge in [0, 0.05) is 0 Å². The maximum absolute atomic E-state index is 13.3. The van der Waals surface area contributed by atoms with Crippen LogP contribution in [0.3, 0.4) is 0 Å². The molecular weight excluding hydrogens is 562 g/mol. The van der Waals surface area contributed by atoms with Crippen LogP contribution in [0.5, 0.6) is 11.5 Å². The first kappa shape index (κ1) is 25.1. The van der Waals surface area contributed by atoms with Crippen molar-refractivity contribution in [2.75, 3.05) is 24.7 Å². The van der Waals surface area contributed by atoms with Crippen molar-refractivity contribution in [2.24, 2.45) is 0 Å². The Morgan fingerprint density at radius 3 is 2.44 bits per heavy atom. The maximum atomic E-state index is 13.3. The molecule has 0 spiro atoms. The van der Waals surface area contributed by atoms with Crippen molar-refractivity contribution in [1.82, 2.24) is 5.32 Å². The van der Waals surface area contributed by atoms with Gasteiger partial charge in [0.1, 0.15) is 11.4 Å². The number of nitrogens with zero attached hydrogens (tertiary/aromatic N) is 1. The van der Waals surface area contributed by atoms with Gasteiger partial charge in [-0.15, -0.1) is 0 Å². The zero-order chi connectivity index (χ0) is 24.8. The van der Waals surface area contributed by atoms with E-state index in [1.807, 2.05) is 22.6 Å². The summed E-state index contributed by atoms with van der Waals surface area (Å²) in [6.45, 7) is 3.64. The van der Waals surface area contributed by atoms with Gasteiger partial charge in [-0.2, -0.15) is 0 Å². The molecule has 34 heavy (non-hydrogen) atoms. The molecule has 1 heterocycles. The second-order valence-electron chi connectivity index (χ2n) is 6.79. The minimum absolute atomic E-state index is 0.106. The first-order chi connectivity index (χ1) is 16.2.